The lowest BCUT2D eigenvalue weighted by atomic mass is 9.94. The summed E-state index contributed by atoms with van der Waals surface area (Å²) in [5.41, 5.74) is -0.382. The molecule has 1 aromatic heterocycles. The fourth-order valence-electron chi connectivity index (χ4n) is 1.96. The normalized spacial score (nSPS) is 10.7. The Morgan fingerprint density at radius 1 is 1.09 bits per heavy atom. The lowest BCUT2D eigenvalue weighted by Gasteiger charge is -2.33. The van der Waals surface area contributed by atoms with Crippen LogP contribution in [0.5, 0.6) is 0 Å². The Labute approximate surface area is 129 Å². The van der Waals surface area contributed by atoms with E-state index in [1.807, 2.05) is 0 Å². The van der Waals surface area contributed by atoms with Crippen LogP contribution in [0.15, 0.2) is 24.4 Å². The maximum Gasteiger partial charge on any atom is 0.302 e. The molecule has 0 atom stereocenters. The number of ether oxygens (including phenoxy) is 2. The molecule has 0 bridgehead atoms. The Hall–Kier alpha value is -2.44. The van der Waals surface area contributed by atoms with Gasteiger partial charge in [-0.1, -0.05) is 6.07 Å². The monoisotopic (exact) mass is 308 g/mol. The van der Waals surface area contributed by atoms with Gasteiger partial charge in [-0.3, -0.25) is 19.4 Å². The van der Waals surface area contributed by atoms with Crippen molar-refractivity contribution >= 4 is 17.8 Å². The quantitative estimate of drug-likeness (QED) is 0.742. The first-order chi connectivity index (χ1) is 10.3. The zero-order chi connectivity index (χ0) is 16.6. The first kappa shape index (κ1) is 17.6. The van der Waals surface area contributed by atoms with Gasteiger partial charge < -0.3 is 14.8 Å². The van der Waals surface area contributed by atoms with Gasteiger partial charge in [0, 0.05) is 39.1 Å². The Morgan fingerprint density at radius 3 is 2.09 bits per heavy atom. The third-order valence-corrected chi connectivity index (χ3v) is 2.79. The van der Waals surface area contributed by atoms with Crippen LogP contribution in [0.4, 0.5) is 0 Å². The number of nitrogens with one attached hydrogen (secondary N) is 1. The molecule has 7 heteroatoms. The lowest BCUT2D eigenvalue weighted by molar-refractivity contribution is -0.150. The second-order valence-corrected chi connectivity index (χ2v) is 5.02. The van der Waals surface area contributed by atoms with Crippen LogP contribution in [-0.4, -0.2) is 41.6 Å². The molecule has 0 aliphatic heterocycles. The standard InChI is InChI=1S/C15H20N2O5/c1-11(18)17-15(9-21-12(2)19,10-22-13(3)20)8-14-6-4-5-7-16-14/h4-7H,8-10H2,1-3H3,(H,17,18). The summed E-state index contributed by atoms with van der Waals surface area (Å²) in [5.74, 6) is -1.30. The molecular formula is C15H20N2O5. The fraction of sp³-hybridized carbons (Fsp3) is 0.467. The molecule has 1 rings (SSSR count). The predicted molar refractivity (Wildman–Crippen MR) is 77.8 cm³/mol. The molecule has 0 aromatic carbocycles. The molecule has 0 unspecified atom stereocenters. The minimum absolute atomic E-state index is 0.119. The van der Waals surface area contributed by atoms with Crippen molar-refractivity contribution in [3.8, 4) is 0 Å². The molecule has 0 radical (unpaired) electrons. The molecule has 0 saturated carbocycles. The number of carbonyl (C=O) groups is 3. The number of amides is 1. The van der Waals surface area contributed by atoms with Gasteiger partial charge in [0.15, 0.2) is 0 Å². The van der Waals surface area contributed by atoms with E-state index in [9.17, 15) is 14.4 Å². The summed E-state index contributed by atoms with van der Waals surface area (Å²) in [6, 6.07) is 5.35. The number of rotatable bonds is 7. The van der Waals surface area contributed by atoms with E-state index in [4.69, 9.17) is 9.47 Å². The van der Waals surface area contributed by atoms with Crippen LogP contribution in [0.1, 0.15) is 26.5 Å². The first-order valence-electron chi connectivity index (χ1n) is 6.78. The summed E-state index contributed by atoms with van der Waals surface area (Å²) in [5, 5.41) is 2.72. The topological polar surface area (TPSA) is 94.6 Å². The summed E-state index contributed by atoms with van der Waals surface area (Å²) in [6.45, 7) is 3.64. The van der Waals surface area contributed by atoms with Crippen molar-refractivity contribution in [1.82, 2.24) is 10.3 Å². The van der Waals surface area contributed by atoms with Crippen molar-refractivity contribution in [1.29, 1.82) is 0 Å². The molecule has 1 heterocycles. The van der Waals surface area contributed by atoms with Crippen molar-refractivity contribution in [2.75, 3.05) is 13.2 Å². The minimum Gasteiger partial charge on any atom is -0.463 e. The van der Waals surface area contributed by atoms with Crippen LogP contribution in [0, 0.1) is 0 Å². The van der Waals surface area contributed by atoms with Gasteiger partial charge in [0.2, 0.25) is 5.91 Å². The Balaban J connectivity index is 3.01. The summed E-state index contributed by atoms with van der Waals surface area (Å²) >= 11 is 0. The molecule has 0 fully saturated rings. The molecule has 0 aliphatic rings. The predicted octanol–water partition coefficient (Wildman–Crippen LogP) is 0.625. The number of hydrogen-bond donors (Lipinski definition) is 1. The average Bonchev–Trinajstić information content (AvgIpc) is 2.43. The number of hydrogen-bond acceptors (Lipinski definition) is 6. The largest absolute Gasteiger partial charge is 0.463 e. The van der Waals surface area contributed by atoms with Gasteiger partial charge >= 0.3 is 11.9 Å². The molecule has 0 spiro atoms. The molecule has 7 nitrogen and oxygen atoms in total. The fourth-order valence-corrected chi connectivity index (χ4v) is 1.96. The van der Waals surface area contributed by atoms with E-state index < -0.39 is 17.5 Å². The second kappa shape index (κ2) is 8.11. The van der Waals surface area contributed by atoms with E-state index in [2.05, 4.69) is 10.3 Å². The Bertz CT molecular complexity index is 512. The second-order valence-electron chi connectivity index (χ2n) is 5.02. The number of esters is 2. The lowest BCUT2D eigenvalue weighted by Crippen LogP contribution is -2.57. The highest BCUT2D eigenvalue weighted by molar-refractivity contribution is 5.74. The van der Waals surface area contributed by atoms with E-state index in [1.165, 1.54) is 20.8 Å². The van der Waals surface area contributed by atoms with E-state index >= 15 is 0 Å². The zero-order valence-electron chi connectivity index (χ0n) is 12.9. The van der Waals surface area contributed by atoms with Crippen molar-refractivity contribution in [2.24, 2.45) is 0 Å². The van der Waals surface area contributed by atoms with Crippen LogP contribution < -0.4 is 5.32 Å². The molecule has 0 aliphatic carbocycles. The van der Waals surface area contributed by atoms with Gasteiger partial charge in [-0.05, 0) is 12.1 Å². The Kier molecular flexibility index (Phi) is 6.49. The zero-order valence-corrected chi connectivity index (χ0v) is 12.9. The van der Waals surface area contributed by atoms with Crippen LogP contribution in [0.2, 0.25) is 0 Å². The molecule has 1 amide bonds. The minimum atomic E-state index is -1.06. The van der Waals surface area contributed by atoms with E-state index in [0.717, 1.165) is 0 Å². The molecule has 1 N–H and O–H groups in total. The van der Waals surface area contributed by atoms with Crippen LogP contribution in [-0.2, 0) is 30.3 Å². The summed E-state index contributed by atoms with van der Waals surface area (Å²) in [4.78, 5) is 37.9. The van der Waals surface area contributed by atoms with Gasteiger partial charge in [-0.2, -0.15) is 0 Å². The average molecular weight is 308 g/mol. The number of pyridine rings is 1. The van der Waals surface area contributed by atoms with Crippen molar-refractivity contribution < 1.29 is 23.9 Å². The van der Waals surface area contributed by atoms with Gasteiger partial charge in [-0.15, -0.1) is 0 Å². The summed E-state index contributed by atoms with van der Waals surface area (Å²) < 4.78 is 10.1. The smallest absolute Gasteiger partial charge is 0.302 e. The molecule has 22 heavy (non-hydrogen) atoms. The summed E-state index contributed by atoms with van der Waals surface area (Å²) in [6.07, 6.45) is 1.87. The molecule has 1 aromatic rings. The molecule has 0 saturated heterocycles. The van der Waals surface area contributed by atoms with Gasteiger partial charge in [0.1, 0.15) is 18.8 Å². The first-order valence-corrected chi connectivity index (χ1v) is 6.78. The maximum atomic E-state index is 11.5. The summed E-state index contributed by atoms with van der Waals surface area (Å²) in [7, 11) is 0. The van der Waals surface area contributed by atoms with E-state index in [1.54, 1.807) is 24.4 Å². The van der Waals surface area contributed by atoms with Crippen LogP contribution in [0.3, 0.4) is 0 Å². The number of aromatic nitrogens is 1. The van der Waals surface area contributed by atoms with E-state index in [-0.39, 0.29) is 25.5 Å². The SMILES string of the molecule is CC(=O)NC(COC(C)=O)(COC(C)=O)Cc1ccccn1. The van der Waals surface area contributed by atoms with Crippen molar-refractivity contribution in [3.63, 3.8) is 0 Å². The third-order valence-electron chi connectivity index (χ3n) is 2.79. The van der Waals surface area contributed by atoms with Gasteiger partial charge in [0.25, 0.3) is 0 Å². The highest BCUT2D eigenvalue weighted by atomic mass is 16.5. The van der Waals surface area contributed by atoms with E-state index in [0.29, 0.717) is 5.69 Å². The van der Waals surface area contributed by atoms with Gasteiger partial charge in [0.05, 0.1) is 0 Å². The highest BCUT2D eigenvalue weighted by Crippen LogP contribution is 2.15. The third kappa shape index (κ3) is 6.34. The van der Waals surface area contributed by atoms with Crippen LogP contribution in [0.25, 0.3) is 0 Å². The van der Waals surface area contributed by atoms with Crippen molar-refractivity contribution in [3.05, 3.63) is 30.1 Å². The molecular weight excluding hydrogens is 288 g/mol. The van der Waals surface area contributed by atoms with Gasteiger partial charge in [-0.25, -0.2) is 0 Å². The number of carbonyl (C=O) groups excluding carboxylic acids is 3. The highest BCUT2D eigenvalue weighted by Gasteiger charge is 2.35. The maximum absolute atomic E-state index is 11.5. The Morgan fingerprint density at radius 2 is 1.68 bits per heavy atom. The number of nitrogens with zero attached hydrogens (tertiary/aromatic N) is 1. The molecule has 120 valence electrons. The van der Waals surface area contributed by atoms with Crippen LogP contribution >= 0.6 is 0 Å². The van der Waals surface area contributed by atoms with Crippen molar-refractivity contribution in [2.45, 2.75) is 32.7 Å².